The minimum absolute atomic E-state index is 0.193. The van der Waals surface area contributed by atoms with Crippen LogP contribution >= 0.6 is 11.3 Å². The van der Waals surface area contributed by atoms with Gasteiger partial charge in [0, 0.05) is 22.7 Å². The number of hydrogen-bond donors (Lipinski definition) is 1. The molecule has 0 atom stereocenters. The van der Waals surface area contributed by atoms with Crippen molar-refractivity contribution in [2.75, 3.05) is 5.32 Å². The van der Waals surface area contributed by atoms with Gasteiger partial charge >= 0.3 is 0 Å². The highest BCUT2D eigenvalue weighted by atomic mass is 32.1. The number of thiophene rings is 1. The standard InChI is InChI=1S/C18H12FN5O2S/c1-10-13(8-15(27-10)14-5-7-22-26-14)11-2-3-16(20-9-11)23-18(25)12-4-6-21-24-17(12)19/h2-9H,1H3,(H,20,23,25). The first-order valence-corrected chi connectivity index (χ1v) is 8.70. The number of halogens is 1. The molecule has 0 bridgehead atoms. The van der Waals surface area contributed by atoms with Crippen LogP contribution in [0.1, 0.15) is 15.2 Å². The van der Waals surface area contributed by atoms with Crippen molar-refractivity contribution in [1.82, 2.24) is 20.3 Å². The van der Waals surface area contributed by atoms with Crippen LogP contribution in [0.2, 0.25) is 0 Å². The van der Waals surface area contributed by atoms with Gasteiger partial charge in [0.25, 0.3) is 5.91 Å². The van der Waals surface area contributed by atoms with Crippen LogP contribution in [-0.4, -0.2) is 26.2 Å². The molecule has 4 aromatic heterocycles. The van der Waals surface area contributed by atoms with E-state index < -0.39 is 11.9 Å². The van der Waals surface area contributed by atoms with Gasteiger partial charge in [0.05, 0.1) is 22.8 Å². The minimum Gasteiger partial charge on any atom is -0.355 e. The van der Waals surface area contributed by atoms with Crippen molar-refractivity contribution in [3.05, 3.63) is 65.3 Å². The van der Waals surface area contributed by atoms with Crippen LogP contribution in [0.25, 0.3) is 21.8 Å². The van der Waals surface area contributed by atoms with Crippen molar-refractivity contribution < 1.29 is 13.7 Å². The summed E-state index contributed by atoms with van der Waals surface area (Å²) >= 11 is 1.59. The Kier molecular flexibility index (Phi) is 4.43. The largest absolute Gasteiger partial charge is 0.355 e. The highest BCUT2D eigenvalue weighted by molar-refractivity contribution is 7.15. The quantitative estimate of drug-likeness (QED) is 0.575. The van der Waals surface area contributed by atoms with E-state index in [1.807, 2.05) is 19.1 Å². The lowest BCUT2D eigenvalue weighted by atomic mass is 10.1. The molecule has 0 radical (unpaired) electrons. The summed E-state index contributed by atoms with van der Waals surface area (Å²) in [6, 6.07) is 8.56. The Morgan fingerprint density at radius 2 is 2.11 bits per heavy atom. The molecular formula is C18H12FN5O2S. The van der Waals surface area contributed by atoms with Crippen LogP contribution < -0.4 is 5.32 Å². The van der Waals surface area contributed by atoms with Gasteiger partial charge in [0.15, 0.2) is 5.76 Å². The third-order valence-electron chi connectivity index (χ3n) is 3.83. The van der Waals surface area contributed by atoms with E-state index in [1.165, 1.54) is 12.3 Å². The zero-order valence-electron chi connectivity index (χ0n) is 14.0. The molecule has 7 nitrogen and oxygen atoms in total. The summed E-state index contributed by atoms with van der Waals surface area (Å²) in [4.78, 5) is 18.4. The monoisotopic (exact) mass is 381 g/mol. The van der Waals surface area contributed by atoms with Gasteiger partial charge in [-0.05, 0) is 36.8 Å². The zero-order valence-corrected chi connectivity index (χ0v) is 14.8. The van der Waals surface area contributed by atoms with Crippen LogP contribution in [-0.2, 0) is 0 Å². The molecule has 0 aliphatic heterocycles. The Morgan fingerprint density at radius 1 is 1.22 bits per heavy atom. The average Bonchev–Trinajstić information content (AvgIpc) is 3.32. The summed E-state index contributed by atoms with van der Waals surface area (Å²) in [6.07, 6.45) is 4.50. The van der Waals surface area contributed by atoms with E-state index in [0.29, 0.717) is 11.6 Å². The number of aromatic nitrogens is 4. The predicted molar refractivity (Wildman–Crippen MR) is 97.7 cm³/mol. The topological polar surface area (TPSA) is 93.8 Å². The van der Waals surface area contributed by atoms with E-state index in [0.717, 1.165) is 20.9 Å². The molecule has 0 unspecified atom stereocenters. The molecule has 27 heavy (non-hydrogen) atoms. The van der Waals surface area contributed by atoms with Gasteiger partial charge in [-0.3, -0.25) is 4.79 Å². The molecule has 134 valence electrons. The molecular weight excluding hydrogens is 369 g/mol. The number of carbonyl (C=O) groups is 1. The first-order chi connectivity index (χ1) is 13.1. The smallest absolute Gasteiger partial charge is 0.261 e. The number of rotatable bonds is 4. The lowest BCUT2D eigenvalue weighted by molar-refractivity contribution is 0.102. The Hall–Kier alpha value is -3.46. The van der Waals surface area contributed by atoms with Gasteiger partial charge in [-0.2, -0.15) is 9.49 Å². The number of anilines is 1. The molecule has 0 spiro atoms. The Balaban J connectivity index is 1.55. The predicted octanol–water partition coefficient (Wildman–Crippen LogP) is 3.95. The maximum absolute atomic E-state index is 13.5. The second-order valence-corrected chi connectivity index (χ2v) is 6.84. The average molecular weight is 381 g/mol. The van der Waals surface area contributed by atoms with Crippen LogP contribution in [0.4, 0.5) is 10.2 Å². The summed E-state index contributed by atoms with van der Waals surface area (Å²) in [5.41, 5.74) is 1.71. The molecule has 4 aromatic rings. The number of nitrogens with one attached hydrogen (secondary N) is 1. The number of carbonyl (C=O) groups excluding carboxylic acids is 1. The van der Waals surface area contributed by atoms with Crippen LogP contribution in [0.3, 0.4) is 0 Å². The Labute approximate surface area is 156 Å². The lowest BCUT2D eigenvalue weighted by Crippen LogP contribution is -2.15. The van der Waals surface area contributed by atoms with Crippen molar-refractivity contribution in [3.63, 3.8) is 0 Å². The fourth-order valence-corrected chi connectivity index (χ4v) is 3.53. The number of hydrogen-bond acceptors (Lipinski definition) is 7. The van der Waals surface area contributed by atoms with E-state index in [1.54, 1.807) is 35.9 Å². The van der Waals surface area contributed by atoms with Crippen molar-refractivity contribution in [2.24, 2.45) is 0 Å². The van der Waals surface area contributed by atoms with Crippen LogP contribution in [0.15, 0.2) is 53.4 Å². The molecule has 0 aromatic carbocycles. The van der Waals surface area contributed by atoms with Gasteiger partial charge in [0.2, 0.25) is 5.95 Å². The normalized spacial score (nSPS) is 10.7. The number of aryl methyl sites for hydroxylation is 1. The summed E-state index contributed by atoms with van der Waals surface area (Å²) in [5, 5.41) is 12.9. The summed E-state index contributed by atoms with van der Waals surface area (Å²) in [7, 11) is 0. The van der Waals surface area contributed by atoms with Crippen molar-refractivity contribution in [3.8, 4) is 21.8 Å². The highest BCUT2D eigenvalue weighted by Crippen LogP contribution is 2.36. The van der Waals surface area contributed by atoms with Crippen LogP contribution in [0.5, 0.6) is 0 Å². The van der Waals surface area contributed by atoms with Gasteiger partial charge in [-0.15, -0.1) is 16.4 Å². The van der Waals surface area contributed by atoms with Gasteiger partial charge in [0.1, 0.15) is 5.82 Å². The maximum atomic E-state index is 13.5. The van der Waals surface area contributed by atoms with Crippen molar-refractivity contribution in [2.45, 2.75) is 6.92 Å². The third-order valence-corrected chi connectivity index (χ3v) is 4.90. The molecule has 0 fully saturated rings. The third kappa shape index (κ3) is 3.44. The second kappa shape index (κ2) is 7.04. The van der Waals surface area contributed by atoms with E-state index in [-0.39, 0.29) is 5.56 Å². The highest BCUT2D eigenvalue weighted by Gasteiger charge is 2.15. The second-order valence-electron chi connectivity index (χ2n) is 5.58. The van der Waals surface area contributed by atoms with Gasteiger partial charge in [-0.25, -0.2) is 4.98 Å². The molecule has 1 amide bonds. The number of nitrogens with zero attached hydrogens (tertiary/aromatic N) is 4. The maximum Gasteiger partial charge on any atom is 0.261 e. The van der Waals surface area contributed by atoms with Crippen molar-refractivity contribution in [1.29, 1.82) is 0 Å². The molecule has 4 rings (SSSR count). The molecule has 0 aliphatic rings. The Morgan fingerprint density at radius 3 is 2.81 bits per heavy atom. The van der Waals surface area contributed by atoms with E-state index >= 15 is 0 Å². The summed E-state index contributed by atoms with van der Waals surface area (Å²) in [6.45, 7) is 2.01. The summed E-state index contributed by atoms with van der Waals surface area (Å²) in [5.74, 6) is -0.551. The van der Waals surface area contributed by atoms with E-state index in [9.17, 15) is 9.18 Å². The molecule has 0 saturated carbocycles. The first kappa shape index (κ1) is 17.0. The number of amides is 1. The molecule has 1 N–H and O–H groups in total. The minimum atomic E-state index is -0.930. The number of pyridine rings is 1. The van der Waals surface area contributed by atoms with E-state index in [4.69, 9.17) is 4.52 Å². The summed E-state index contributed by atoms with van der Waals surface area (Å²) < 4.78 is 18.7. The van der Waals surface area contributed by atoms with E-state index in [2.05, 4.69) is 25.7 Å². The molecule has 9 heteroatoms. The zero-order chi connectivity index (χ0) is 18.8. The first-order valence-electron chi connectivity index (χ1n) is 7.88. The van der Waals surface area contributed by atoms with Gasteiger partial charge < -0.3 is 9.84 Å². The Bertz CT molecular complexity index is 1090. The molecule has 4 heterocycles. The lowest BCUT2D eigenvalue weighted by Gasteiger charge is -2.06. The SMILES string of the molecule is Cc1sc(-c2ccno2)cc1-c1ccc(NC(=O)c2ccnnc2F)nc1. The van der Waals surface area contributed by atoms with Crippen LogP contribution in [0, 0.1) is 12.9 Å². The van der Waals surface area contributed by atoms with Gasteiger partial charge in [-0.1, -0.05) is 5.16 Å². The fourth-order valence-electron chi connectivity index (χ4n) is 2.53. The van der Waals surface area contributed by atoms with Crippen molar-refractivity contribution >= 4 is 23.1 Å². The molecule has 0 saturated heterocycles. The fraction of sp³-hybridized carbons (Fsp3) is 0.0556. The molecule has 0 aliphatic carbocycles.